The molecule has 1 aromatic carbocycles. The Morgan fingerprint density at radius 1 is 1.23 bits per heavy atom. The molecule has 3 N–H and O–H groups in total. The largest absolute Gasteiger partial charge is 0.507 e. The van der Waals surface area contributed by atoms with E-state index in [1.807, 2.05) is 0 Å². The number of esters is 1. The molecule has 2 aromatic heterocycles. The zero-order valence-electron chi connectivity index (χ0n) is 17.6. The van der Waals surface area contributed by atoms with Gasteiger partial charge in [0.05, 0.1) is 32.5 Å². The number of phenols is 1. The first-order chi connectivity index (χ1) is 14.8. The van der Waals surface area contributed by atoms with E-state index in [1.54, 1.807) is 30.1 Å². The number of aromatic nitrogens is 3. The van der Waals surface area contributed by atoms with Crippen molar-refractivity contribution in [2.45, 2.75) is 32.2 Å². The lowest BCUT2D eigenvalue weighted by Gasteiger charge is -2.21. The number of imidazole rings is 1. The van der Waals surface area contributed by atoms with Gasteiger partial charge in [-0.05, 0) is 30.7 Å². The fourth-order valence-electron chi connectivity index (χ4n) is 3.59. The second kappa shape index (κ2) is 9.38. The van der Waals surface area contributed by atoms with E-state index >= 15 is 0 Å². The van der Waals surface area contributed by atoms with Gasteiger partial charge in [-0.3, -0.25) is 9.59 Å². The molecule has 0 amide bonds. The number of rotatable bonds is 8. The second-order valence-corrected chi connectivity index (χ2v) is 7.13. The van der Waals surface area contributed by atoms with E-state index in [0.29, 0.717) is 24.2 Å². The van der Waals surface area contributed by atoms with Crippen LogP contribution in [-0.2, 0) is 22.5 Å². The van der Waals surface area contributed by atoms with Gasteiger partial charge in [-0.2, -0.15) is 0 Å². The average Bonchev–Trinajstić information content (AvgIpc) is 3.26. The third kappa shape index (κ3) is 4.71. The number of methoxy groups -OCH3 is 2. The van der Waals surface area contributed by atoms with Gasteiger partial charge in [-0.15, -0.1) is 0 Å². The number of hydrogen-bond acceptors (Lipinski definition) is 7. The molecule has 0 saturated heterocycles. The molecule has 0 fully saturated rings. The molecule has 3 aromatic rings. The summed E-state index contributed by atoms with van der Waals surface area (Å²) in [5.74, 6) is -1.48. The number of nitrogens with zero attached hydrogens (tertiary/aromatic N) is 2. The molecule has 0 aliphatic rings. The molecule has 0 radical (unpaired) electrons. The molecule has 1 atom stereocenters. The zero-order valence-corrected chi connectivity index (χ0v) is 17.6. The fraction of sp³-hybridized carbons (Fsp3) is 0.318. The Morgan fingerprint density at radius 2 is 2.00 bits per heavy atom. The van der Waals surface area contributed by atoms with Gasteiger partial charge in [0.1, 0.15) is 5.75 Å². The van der Waals surface area contributed by atoms with Crippen LogP contribution in [0.3, 0.4) is 0 Å². The quantitative estimate of drug-likeness (QED) is 0.471. The number of benzene rings is 1. The number of carbonyl (C=O) groups excluding carboxylic acids is 1. The molecule has 0 spiro atoms. The summed E-state index contributed by atoms with van der Waals surface area (Å²) < 4.78 is 11.4. The Labute approximate surface area is 178 Å². The summed E-state index contributed by atoms with van der Waals surface area (Å²) in [6.45, 7) is 2.09. The fourth-order valence-corrected chi connectivity index (χ4v) is 3.59. The Kier molecular flexibility index (Phi) is 6.64. The van der Waals surface area contributed by atoms with Crippen LogP contribution >= 0.6 is 0 Å². The molecule has 0 aliphatic carbocycles. The van der Waals surface area contributed by atoms with Gasteiger partial charge >= 0.3 is 5.97 Å². The first-order valence-electron chi connectivity index (χ1n) is 9.70. The number of H-pyrrole nitrogens is 1. The first kappa shape index (κ1) is 21.9. The number of aromatic amines is 1. The van der Waals surface area contributed by atoms with Crippen LogP contribution in [0.15, 0.2) is 41.6 Å². The minimum absolute atomic E-state index is 0.0603. The van der Waals surface area contributed by atoms with Crippen molar-refractivity contribution in [1.29, 1.82) is 0 Å². The monoisotopic (exact) mass is 427 g/mol. The maximum Gasteiger partial charge on any atom is 0.306 e. The molecule has 9 nitrogen and oxygen atoms in total. The average molecular weight is 427 g/mol. The van der Waals surface area contributed by atoms with Crippen molar-refractivity contribution in [3.05, 3.63) is 69.7 Å². The maximum atomic E-state index is 13.4. The normalized spacial score (nSPS) is 11.8. The van der Waals surface area contributed by atoms with Gasteiger partial charge in [-0.1, -0.05) is 6.07 Å². The Hall–Kier alpha value is -3.75. The number of ether oxygens (including phenoxy) is 2. The molecule has 31 heavy (non-hydrogen) atoms. The van der Waals surface area contributed by atoms with Crippen LogP contribution in [0.5, 0.6) is 17.2 Å². The van der Waals surface area contributed by atoms with Gasteiger partial charge in [0.2, 0.25) is 0 Å². The van der Waals surface area contributed by atoms with Crippen LogP contribution in [0, 0.1) is 6.92 Å². The Balaban J connectivity index is 2.09. The van der Waals surface area contributed by atoms with Crippen LogP contribution in [0.1, 0.15) is 34.9 Å². The van der Waals surface area contributed by atoms with Crippen molar-refractivity contribution >= 4 is 5.97 Å². The van der Waals surface area contributed by atoms with Crippen LogP contribution in [0.4, 0.5) is 0 Å². The maximum absolute atomic E-state index is 13.4. The summed E-state index contributed by atoms with van der Waals surface area (Å²) in [6, 6.07) is 6.09. The van der Waals surface area contributed by atoms with E-state index in [0.717, 1.165) is 5.69 Å². The molecule has 164 valence electrons. The third-order valence-electron chi connectivity index (χ3n) is 5.23. The first-order valence-corrected chi connectivity index (χ1v) is 9.70. The zero-order chi connectivity index (χ0) is 22.5. The molecule has 2 heterocycles. The number of aromatic hydroxyl groups is 2. The molecular weight excluding hydrogens is 402 g/mol. The highest BCUT2D eigenvalue weighted by Crippen LogP contribution is 2.36. The smallest absolute Gasteiger partial charge is 0.306 e. The van der Waals surface area contributed by atoms with E-state index in [1.165, 1.54) is 32.4 Å². The number of carbonyl (C=O) groups is 1. The van der Waals surface area contributed by atoms with Gasteiger partial charge in [0.15, 0.2) is 11.5 Å². The minimum Gasteiger partial charge on any atom is -0.507 e. The van der Waals surface area contributed by atoms with Crippen LogP contribution in [0.2, 0.25) is 0 Å². The predicted octanol–water partition coefficient (Wildman–Crippen LogP) is 2.24. The van der Waals surface area contributed by atoms with E-state index in [-0.39, 0.29) is 29.2 Å². The summed E-state index contributed by atoms with van der Waals surface area (Å²) in [6.07, 6.45) is 3.60. The van der Waals surface area contributed by atoms with Crippen molar-refractivity contribution in [3.8, 4) is 17.2 Å². The summed E-state index contributed by atoms with van der Waals surface area (Å²) in [5, 5.41) is 20.9. The van der Waals surface area contributed by atoms with Crippen molar-refractivity contribution in [2.24, 2.45) is 0 Å². The summed E-state index contributed by atoms with van der Waals surface area (Å²) in [5.41, 5.74) is 1.57. The van der Waals surface area contributed by atoms with Gasteiger partial charge in [0.25, 0.3) is 5.56 Å². The standard InChI is InChI=1S/C22H25N3O6/c1-13-8-18(27)21(22(29)25(13)7-6-15-11-23-12-24-15)16(10-20(28)31-3)14-4-5-19(30-2)17(26)9-14/h4-5,8-9,11-12,16,26-27H,6-7,10H2,1-3H3,(H,23,24). The van der Waals surface area contributed by atoms with Crippen molar-refractivity contribution in [2.75, 3.05) is 14.2 Å². The summed E-state index contributed by atoms with van der Waals surface area (Å²) >= 11 is 0. The van der Waals surface area contributed by atoms with Crippen molar-refractivity contribution < 1.29 is 24.5 Å². The molecule has 9 heteroatoms. The SMILES string of the molecule is COC(=O)CC(c1ccc(OC)c(O)c1)c1c(O)cc(C)n(CCc2cnc[nH]2)c1=O. The summed E-state index contributed by atoms with van der Waals surface area (Å²) in [4.78, 5) is 32.5. The second-order valence-electron chi connectivity index (χ2n) is 7.13. The number of phenolic OH excluding ortho intramolecular Hbond substituents is 1. The topological polar surface area (TPSA) is 127 Å². The molecule has 0 aliphatic heterocycles. The molecule has 0 bridgehead atoms. The Morgan fingerprint density at radius 3 is 2.61 bits per heavy atom. The summed E-state index contributed by atoms with van der Waals surface area (Å²) in [7, 11) is 2.67. The third-order valence-corrected chi connectivity index (χ3v) is 5.23. The lowest BCUT2D eigenvalue weighted by molar-refractivity contribution is -0.140. The van der Waals surface area contributed by atoms with Crippen LogP contribution < -0.4 is 10.3 Å². The van der Waals surface area contributed by atoms with E-state index in [4.69, 9.17) is 9.47 Å². The predicted molar refractivity (Wildman–Crippen MR) is 113 cm³/mol. The molecule has 0 saturated carbocycles. The minimum atomic E-state index is -0.823. The van der Waals surface area contributed by atoms with E-state index in [2.05, 4.69) is 9.97 Å². The van der Waals surface area contributed by atoms with E-state index in [9.17, 15) is 19.8 Å². The van der Waals surface area contributed by atoms with Crippen molar-refractivity contribution in [1.82, 2.24) is 14.5 Å². The number of aryl methyl sites for hydroxylation is 2. The molecule has 3 rings (SSSR count). The number of pyridine rings is 1. The van der Waals surface area contributed by atoms with Gasteiger partial charge in [-0.25, -0.2) is 4.98 Å². The molecule has 1 unspecified atom stereocenters. The molecular formula is C22H25N3O6. The van der Waals surface area contributed by atoms with E-state index < -0.39 is 17.4 Å². The highest BCUT2D eigenvalue weighted by molar-refractivity contribution is 5.71. The van der Waals surface area contributed by atoms with Crippen LogP contribution in [-0.4, -0.2) is 44.9 Å². The van der Waals surface area contributed by atoms with Gasteiger partial charge in [0, 0.05) is 36.5 Å². The van der Waals surface area contributed by atoms with Crippen molar-refractivity contribution in [3.63, 3.8) is 0 Å². The highest BCUT2D eigenvalue weighted by atomic mass is 16.5. The lowest BCUT2D eigenvalue weighted by atomic mass is 9.88. The van der Waals surface area contributed by atoms with Crippen LogP contribution in [0.25, 0.3) is 0 Å². The lowest BCUT2D eigenvalue weighted by Crippen LogP contribution is -2.29. The number of hydrogen-bond donors (Lipinski definition) is 3. The number of nitrogens with one attached hydrogen (secondary N) is 1. The Bertz CT molecular complexity index is 1120. The highest BCUT2D eigenvalue weighted by Gasteiger charge is 2.27. The van der Waals surface area contributed by atoms with Gasteiger partial charge < -0.3 is 29.2 Å².